The summed E-state index contributed by atoms with van der Waals surface area (Å²) >= 11 is 5.70. The number of hydrogen-bond donors (Lipinski definition) is 1. The Morgan fingerprint density at radius 3 is 2.75 bits per heavy atom. The highest BCUT2D eigenvalue weighted by atomic mass is 35.5. The first-order valence-electron chi connectivity index (χ1n) is 5.66. The molecule has 1 aromatic heterocycles. The van der Waals surface area contributed by atoms with Gasteiger partial charge in [0, 0.05) is 6.07 Å². The van der Waals surface area contributed by atoms with Gasteiger partial charge < -0.3 is 5.32 Å². The van der Waals surface area contributed by atoms with Crippen LogP contribution in [0.3, 0.4) is 0 Å². The summed E-state index contributed by atoms with van der Waals surface area (Å²) in [6, 6.07) is 9.13. The van der Waals surface area contributed by atoms with Gasteiger partial charge in [0.25, 0.3) is 11.6 Å². The van der Waals surface area contributed by atoms with Gasteiger partial charge in [0.1, 0.15) is 16.5 Å². The molecule has 1 amide bonds. The number of aryl methyl sites for hydroxylation is 1. The Hall–Kier alpha value is -2.47. The third-order valence-electron chi connectivity index (χ3n) is 2.55. The standard InChI is InChI=1S/C13H10ClN3O3/c1-8-5-6-9(11(7-8)17(19)20)16-13(18)10-3-2-4-12(14)15-10/h2-7H,1H3,(H,16,18). The zero-order valence-corrected chi connectivity index (χ0v) is 11.2. The molecule has 7 heteroatoms. The molecule has 0 fully saturated rings. The molecule has 0 aliphatic heterocycles. The van der Waals surface area contributed by atoms with Gasteiger partial charge in [-0.15, -0.1) is 0 Å². The molecule has 6 nitrogen and oxygen atoms in total. The smallest absolute Gasteiger partial charge is 0.293 e. The van der Waals surface area contributed by atoms with Gasteiger partial charge in [-0.2, -0.15) is 0 Å². The predicted molar refractivity (Wildman–Crippen MR) is 75.0 cm³/mol. The van der Waals surface area contributed by atoms with Crippen LogP contribution in [0.5, 0.6) is 0 Å². The summed E-state index contributed by atoms with van der Waals surface area (Å²) in [6.45, 7) is 1.73. The van der Waals surface area contributed by atoms with Crippen LogP contribution in [-0.4, -0.2) is 15.8 Å². The summed E-state index contributed by atoms with van der Waals surface area (Å²) in [7, 11) is 0. The van der Waals surface area contributed by atoms with Gasteiger partial charge in [-0.1, -0.05) is 23.7 Å². The molecule has 1 heterocycles. The quantitative estimate of drug-likeness (QED) is 0.534. The highest BCUT2D eigenvalue weighted by Gasteiger charge is 2.17. The van der Waals surface area contributed by atoms with Crippen LogP contribution < -0.4 is 5.32 Å². The Labute approximate surface area is 119 Å². The number of nitro benzene ring substituents is 1. The Balaban J connectivity index is 2.30. The number of nitrogens with zero attached hydrogens (tertiary/aromatic N) is 2. The number of amides is 1. The second-order valence-corrected chi connectivity index (χ2v) is 4.46. The average Bonchev–Trinajstić information content (AvgIpc) is 2.40. The van der Waals surface area contributed by atoms with Crippen LogP contribution in [0.25, 0.3) is 0 Å². The molecular weight excluding hydrogens is 282 g/mol. The van der Waals surface area contributed by atoms with Crippen molar-refractivity contribution in [1.29, 1.82) is 0 Å². The monoisotopic (exact) mass is 291 g/mol. The van der Waals surface area contributed by atoms with Crippen molar-refractivity contribution in [3.05, 3.63) is 62.9 Å². The molecule has 2 aromatic rings. The molecule has 0 bridgehead atoms. The minimum atomic E-state index is -0.556. The van der Waals surface area contributed by atoms with Crippen LogP contribution in [0.4, 0.5) is 11.4 Å². The number of nitrogens with one attached hydrogen (secondary N) is 1. The lowest BCUT2D eigenvalue weighted by Gasteiger charge is -2.06. The molecule has 20 heavy (non-hydrogen) atoms. The van der Waals surface area contributed by atoms with Crippen molar-refractivity contribution >= 4 is 28.9 Å². The van der Waals surface area contributed by atoms with E-state index in [4.69, 9.17) is 11.6 Å². The number of rotatable bonds is 3. The largest absolute Gasteiger partial charge is 0.315 e. The van der Waals surface area contributed by atoms with Crippen LogP contribution >= 0.6 is 11.6 Å². The maximum atomic E-state index is 12.0. The fourth-order valence-electron chi connectivity index (χ4n) is 1.62. The van der Waals surface area contributed by atoms with Gasteiger partial charge >= 0.3 is 0 Å². The van der Waals surface area contributed by atoms with Crippen LogP contribution in [0.1, 0.15) is 16.1 Å². The van der Waals surface area contributed by atoms with Crippen molar-refractivity contribution < 1.29 is 9.72 Å². The molecule has 0 saturated carbocycles. The van der Waals surface area contributed by atoms with E-state index in [0.717, 1.165) is 5.56 Å². The van der Waals surface area contributed by atoms with E-state index in [1.54, 1.807) is 19.1 Å². The number of pyridine rings is 1. The molecule has 0 spiro atoms. The number of halogens is 1. The molecular formula is C13H10ClN3O3. The van der Waals surface area contributed by atoms with Gasteiger partial charge in [-0.25, -0.2) is 4.98 Å². The van der Waals surface area contributed by atoms with E-state index >= 15 is 0 Å². The second kappa shape index (κ2) is 5.66. The van der Waals surface area contributed by atoms with Crippen molar-refractivity contribution in [2.45, 2.75) is 6.92 Å². The van der Waals surface area contributed by atoms with E-state index < -0.39 is 10.8 Å². The first-order chi connectivity index (χ1) is 9.47. The molecule has 1 N–H and O–H groups in total. The number of carbonyl (C=O) groups excluding carboxylic acids is 1. The van der Waals surface area contributed by atoms with Gasteiger partial charge in [0.2, 0.25) is 0 Å². The predicted octanol–water partition coefficient (Wildman–Crippen LogP) is 3.20. The Morgan fingerprint density at radius 2 is 2.10 bits per heavy atom. The maximum Gasteiger partial charge on any atom is 0.293 e. The first kappa shape index (κ1) is 14.0. The van der Waals surface area contributed by atoms with Crippen molar-refractivity contribution in [3.63, 3.8) is 0 Å². The fraction of sp³-hybridized carbons (Fsp3) is 0.0769. The fourth-order valence-corrected chi connectivity index (χ4v) is 1.78. The van der Waals surface area contributed by atoms with Crippen LogP contribution in [0, 0.1) is 17.0 Å². The molecule has 0 aliphatic carbocycles. The number of aromatic nitrogens is 1. The van der Waals surface area contributed by atoms with E-state index in [-0.39, 0.29) is 22.2 Å². The zero-order valence-electron chi connectivity index (χ0n) is 10.5. The zero-order chi connectivity index (χ0) is 14.7. The maximum absolute atomic E-state index is 12.0. The van der Waals surface area contributed by atoms with Gasteiger partial charge in [0.05, 0.1) is 4.92 Å². The minimum absolute atomic E-state index is 0.0902. The van der Waals surface area contributed by atoms with Gasteiger partial charge in [0.15, 0.2) is 0 Å². The molecule has 102 valence electrons. The third-order valence-corrected chi connectivity index (χ3v) is 2.76. The Morgan fingerprint density at radius 1 is 1.35 bits per heavy atom. The summed E-state index contributed by atoms with van der Waals surface area (Å²) in [5, 5.41) is 13.6. The van der Waals surface area contributed by atoms with E-state index in [1.807, 2.05) is 0 Å². The molecule has 1 aromatic carbocycles. The van der Waals surface area contributed by atoms with Crippen molar-refractivity contribution in [2.75, 3.05) is 5.32 Å². The summed E-state index contributed by atoms with van der Waals surface area (Å²) < 4.78 is 0. The SMILES string of the molecule is Cc1ccc(NC(=O)c2cccc(Cl)n2)c([N+](=O)[O-])c1. The molecule has 0 saturated heterocycles. The molecule has 0 aliphatic rings. The second-order valence-electron chi connectivity index (χ2n) is 4.08. The van der Waals surface area contributed by atoms with Crippen LogP contribution in [0.15, 0.2) is 36.4 Å². The number of carbonyl (C=O) groups is 1. The summed E-state index contributed by atoms with van der Waals surface area (Å²) in [5.41, 5.74) is 0.774. The minimum Gasteiger partial charge on any atom is -0.315 e. The van der Waals surface area contributed by atoms with Crippen LogP contribution in [0.2, 0.25) is 5.15 Å². The van der Waals surface area contributed by atoms with Crippen molar-refractivity contribution in [1.82, 2.24) is 4.98 Å². The lowest BCUT2D eigenvalue weighted by molar-refractivity contribution is -0.384. The number of nitro groups is 1. The summed E-state index contributed by atoms with van der Waals surface area (Å²) in [4.78, 5) is 26.2. The topological polar surface area (TPSA) is 85.1 Å². The Bertz CT molecular complexity index is 688. The highest BCUT2D eigenvalue weighted by molar-refractivity contribution is 6.29. The number of anilines is 1. The van der Waals surface area contributed by atoms with E-state index in [2.05, 4.69) is 10.3 Å². The van der Waals surface area contributed by atoms with E-state index in [9.17, 15) is 14.9 Å². The normalized spacial score (nSPS) is 10.1. The molecule has 2 rings (SSSR count). The van der Waals surface area contributed by atoms with Crippen molar-refractivity contribution in [2.24, 2.45) is 0 Å². The van der Waals surface area contributed by atoms with Crippen molar-refractivity contribution in [3.8, 4) is 0 Å². The molecule has 0 radical (unpaired) electrons. The highest BCUT2D eigenvalue weighted by Crippen LogP contribution is 2.25. The first-order valence-corrected chi connectivity index (χ1v) is 6.04. The van der Waals surface area contributed by atoms with Gasteiger partial charge in [-0.3, -0.25) is 14.9 Å². The summed E-state index contributed by atoms with van der Waals surface area (Å²) in [6.07, 6.45) is 0. The molecule has 0 unspecified atom stereocenters. The van der Waals surface area contributed by atoms with E-state index in [0.29, 0.717) is 0 Å². The Kier molecular flexibility index (Phi) is 3.95. The lowest BCUT2D eigenvalue weighted by Crippen LogP contribution is -2.14. The lowest BCUT2D eigenvalue weighted by atomic mass is 10.2. The number of benzene rings is 1. The van der Waals surface area contributed by atoms with Gasteiger partial charge in [-0.05, 0) is 30.7 Å². The number of hydrogen-bond acceptors (Lipinski definition) is 4. The molecule has 0 atom stereocenters. The average molecular weight is 292 g/mol. The van der Waals surface area contributed by atoms with E-state index in [1.165, 1.54) is 24.3 Å². The summed E-state index contributed by atoms with van der Waals surface area (Å²) in [5.74, 6) is -0.556. The van der Waals surface area contributed by atoms with Crippen LogP contribution in [-0.2, 0) is 0 Å². The third kappa shape index (κ3) is 3.10.